The van der Waals surface area contributed by atoms with Gasteiger partial charge in [-0.3, -0.25) is 10.1 Å². The summed E-state index contributed by atoms with van der Waals surface area (Å²) >= 11 is 0. The van der Waals surface area contributed by atoms with Gasteiger partial charge in [-0.25, -0.2) is 0 Å². The van der Waals surface area contributed by atoms with Crippen LogP contribution in [0.4, 0.5) is 10.1 Å². The first kappa shape index (κ1) is 12.6. The first-order valence-corrected chi connectivity index (χ1v) is 4.93. The molecule has 1 atom stereocenters. The Labute approximate surface area is 93.4 Å². The lowest BCUT2D eigenvalue weighted by atomic mass is 9.83. The quantitative estimate of drug-likeness (QED) is 0.622. The second-order valence-corrected chi connectivity index (χ2v) is 4.81. The van der Waals surface area contributed by atoms with E-state index in [4.69, 9.17) is 5.73 Å². The summed E-state index contributed by atoms with van der Waals surface area (Å²) in [7, 11) is 0. The third kappa shape index (κ3) is 2.55. The normalized spacial score (nSPS) is 13.6. The third-order valence-electron chi connectivity index (χ3n) is 2.46. The van der Waals surface area contributed by atoms with Crippen molar-refractivity contribution in [2.45, 2.75) is 26.8 Å². The van der Waals surface area contributed by atoms with Crippen LogP contribution < -0.4 is 5.73 Å². The number of halogens is 1. The van der Waals surface area contributed by atoms with Gasteiger partial charge in [0.25, 0.3) is 0 Å². The van der Waals surface area contributed by atoms with Gasteiger partial charge in [-0.2, -0.15) is 4.39 Å². The smallest absolute Gasteiger partial charge is 0.305 e. The van der Waals surface area contributed by atoms with Crippen molar-refractivity contribution in [1.29, 1.82) is 0 Å². The summed E-state index contributed by atoms with van der Waals surface area (Å²) < 4.78 is 13.1. The molecule has 88 valence electrons. The summed E-state index contributed by atoms with van der Waals surface area (Å²) in [5, 5.41) is 10.6. The van der Waals surface area contributed by atoms with Gasteiger partial charge in [0.1, 0.15) is 0 Å². The predicted molar refractivity (Wildman–Crippen MR) is 59.4 cm³/mol. The molecule has 4 nitrogen and oxygen atoms in total. The summed E-state index contributed by atoms with van der Waals surface area (Å²) in [6, 6.07) is 3.40. The molecular formula is C11H15FN2O2. The Morgan fingerprint density at radius 2 is 2.00 bits per heavy atom. The van der Waals surface area contributed by atoms with E-state index in [1.165, 1.54) is 12.1 Å². The topological polar surface area (TPSA) is 69.2 Å². The molecule has 0 radical (unpaired) electrons. The van der Waals surface area contributed by atoms with Crippen molar-refractivity contribution in [1.82, 2.24) is 0 Å². The van der Waals surface area contributed by atoms with E-state index >= 15 is 0 Å². The number of rotatable bonds is 2. The standard InChI is InChI=1S/C11H15FN2O2/c1-11(2,3)10(13)7-4-5-8(12)9(6-7)14(15)16/h4-6,10H,13H2,1-3H3/t10-/m1/s1. The van der Waals surface area contributed by atoms with Crippen LogP contribution in [-0.4, -0.2) is 4.92 Å². The largest absolute Gasteiger partial charge is 0.324 e. The van der Waals surface area contributed by atoms with E-state index in [1.807, 2.05) is 20.8 Å². The van der Waals surface area contributed by atoms with Crippen LogP contribution >= 0.6 is 0 Å². The molecule has 1 rings (SSSR count). The minimum Gasteiger partial charge on any atom is -0.324 e. The van der Waals surface area contributed by atoms with Crippen molar-refractivity contribution >= 4 is 5.69 Å². The lowest BCUT2D eigenvalue weighted by molar-refractivity contribution is -0.387. The monoisotopic (exact) mass is 226 g/mol. The second-order valence-electron chi connectivity index (χ2n) is 4.81. The number of nitrogens with two attached hydrogens (primary N) is 1. The van der Waals surface area contributed by atoms with Crippen molar-refractivity contribution in [3.63, 3.8) is 0 Å². The zero-order valence-corrected chi connectivity index (χ0v) is 9.53. The van der Waals surface area contributed by atoms with Gasteiger partial charge >= 0.3 is 5.69 Å². The third-order valence-corrected chi connectivity index (χ3v) is 2.46. The van der Waals surface area contributed by atoms with Gasteiger partial charge in [0.15, 0.2) is 0 Å². The molecule has 0 aliphatic carbocycles. The Bertz CT molecular complexity index is 413. The fourth-order valence-electron chi connectivity index (χ4n) is 1.36. The van der Waals surface area contributed by atoms with Crippen LogP contribution in [0.5, 0.6) is 0 Å². The average Bonchev–Trinajstić information content (AvgIpc) is 2.15. The molecule has 0 fully saturated rings. The zero-order chi connectivity index (χ0) is 12.5. The highest BCUT2D eigenvalue weighted by Crippen LogP contribution is 2.32. The Balaban J connectivity index is 3.18. The number of nitrogens with zero attached hydrogens (tertiary/aromatic N) is 1. The van der Waals surface area contributed by atoms with Crippen molar-refractivity contribution in [2.75, 3.05) is 0 Å². The van der Waals surface area contributed by atoms with Crippen molar-refractivity contribution < 1.29 is 9.31 Å². The van der Waals surface area contributed by atoms with E-state index in [0.29, 0.717) is 5.56 Å². The van der Waals surface area contributed by atoms with Crippen LogP contribution in [-0.2, 0) is 0 Å². The highest BCUT2D eigenvalue weighted by atomic mass is 19.1. The SMILES string of the molecule is CC(C)(C)[C@H](N)c1ccc(F)c([N+](=O)[O-])c1. The van der Waals surface area contributed by atoms with Crippen LogP contribution in [0.25, 0.3) is 0 Å². The van der Waals surface area contributed by atoms with Gasteiger partial charge in [-0.05, 0) is 17.0 Å². The molecule has 0 aliphatic rings. The molecule has 0 bridgehead atoms. The number of nitro benzene ring substituents is 1. The minimum absolute atomic E-state index is 0.230. The van der Waals surface area contributed by atoms with Crippen LogP contribution in [0, 0.1) is 21.3 Å². The van der Waals surface area contributed by atoms with Crippen LogP contribution in [0.1, 0.15) is 32.4 Å². The number of benzene rings is 1. The highest BCUT2D eigenvalue weighted by Gasteiger charge is 2.25. The van der Waals surface area contributed by atoms with Crippen LogP contribution in [0.2, 0.25) is 0 Å². The molecule has 0 unspecified atom stereocenters. The summed E-state index contributed by atoms with van der Waals surface area (Å²) in [4.78, 5) is 9.83. The van der Waals surface area contributed by atoms with Gasteiger partial charge in [0.05, 0.1) is 4.92 Å². The van der Waals surface area contributed by atoms with Gasteiger partial charge in [-0.15, -0.1) is 0 Å². The first-order valence-electron chi connectivity index (χ1n) is 4.93. The molecule has 1 aromatic rings. The van der Waals surface area contributed by atoms with Crippen LogP contribution in [0.15, 0.2) is 18.2 Å². The van der Waals surface area contributed by atoms with E-state index in [2.05, 4.69) is 0 Å². The summed E-state index contributed by atoms with van der Waals surface area (Å²) in [6.07, 6.45) is 0. The Kier molecular flexibility index (Phi) is 3.28. The second kappa shape index (κ2) is 4.17. The summed E-state index contributed by atoms with van der Waals surface area (Å²) in [5.74, 6) is -0.838. The molecular weight excluding hydrogens is 211 g/mol. The highest BCUT2D eigenvalue weighted by molar-refractivity contribution is 5.37. The molecule has 16 heavy (non-hydrogen) atoms. The molecule has 0 amide bonds. The molecule has 2 N–H and O–H groups in total. The van der Waals surface area contributed by atoms with Crippen molar-refractivity contribution in [3.8, 4) is 0 Å². The molecule has 5 heteroatoms. The first-order chi connectivity index (χ1) is 7.23. The number of hydrogen-bond acceptors (Lipinski definition) is 3. The van der Waals surface area contributed by atoms with Crippen molar-refractivity contribution in [2.24, 2.45) is 11.1 Å². The van der Waals surface area contributed by atoms with E-state index in [0.717, 1.165) is 6.07 Å². The summed E-state index contributed by atoms with van der Waals surface area (Å²) in [5.41, 5.74) is 5.76. The van der Waals surface area contributed by atoms with Gasteiger partial charge < -0.3 is 5.73 Å². The van der Waals surface area contributed by atoms with E-state index < -0.39 is 16.4 Å². The Hall–Kier alpha value is -1.49. The zero-order valence-electron chi connectivity index (χ0n) is 9.53. The van der Waals surface area contributed by atoms with Gasteiger partial charge in [-0.1, -0.05) is 26.8 Å². The molecule has 0 aromatic heterocycles. The molecule has 0 aliphatic heterocycles. The summed E-state index contributed by atoms with van der Waals surface area (Å²) in [6.45, 7) is 5.77. The molecule has 0 saturated heterocycles. The lowest BCUT2D eigenvalue weighted by Gasteiger charge is -2.27. The van der Waals surface area contributed by atoms with Crippen molar-refractivity contribution in [3.05, 3.63) is 39.7 Å². The van der Waals surface area contributed by atoms with E-state index in [-0.39, 0.29) is 11.5 Å². The number of nitro groups is 1. The minimum atomic E-state index is -0.838. The average molecular weight is 226 g/mol. The Morgan fingerprint density at radius 3 is 2.44 bits per heavy atom. The molecule has 0 spiro atoms. The maximum absolute atomic E-state index is 13.1. The Morgan fingerprint density at radius 1 is 1.44 bits per heavy atom. The molecule has 0 heterocycles. The fraction of sp³-hybridized carbons (Fsp3) is 0.455. The maximum Gasteiger partial charge on any atom is 0.305 e. The fourth-order valence-corrected chi connectivity index (χ4v) is 1.36. The van der Waals surface area contributed by atoms with E-state index in [9.17, 15) is 14.5 Å². The van der Waals surface area contributed by atoms with Gasteiger partial charge in [0, 0.05) is 12.1 Å². The number of hydrogen-bond donors (Lipinski definition) is 1. The van der Waals surface area contributed by atoms with Crippen LogP contribution in [0.3, 0.4) is 0 Å². The lowest BCUT2D eigenvalue weighted by Crippen LogP contribution is -2.26. The molecule has 0 saturated carbocycles. The molecule has 1 aromatic carbocycles. The predicted octanol–water partition coefficient (Wildman–Crippen LogP) is 2.78. The maximum atomic E-state index is 13.1. The van der Waals surface area contributed by atoms with E-state index in [1.54, 1.807) is 0 Å². The van der Waals surface area contributed by atoms with Gasteiger partial charge in [0.2, 0.25) is 5.82 Å².